The van der Waals surface area contributed by atoms with Crippen molar-refractivity contribution < 1.29 is 17.9 Å². The molecule has 0 bridgehead atoms. The number of ether oxygens (including phenoxy) is 1. The fraction of sp³-hybridized carbons (Fsp3) is 0.417. The Kier molecular flexibility index (Phi) is 5.34. The lowest BCUT2D eigenvalue weighted by Gasteiger charge is -2.15. The number of hydrogen-bond donors (Lipinski definition) is 2. The molecule has 7 nitrogen and oxygen atoms in total. The number of carbonyl (C=O) groups excluding carboxylic acids is 1. The molecule has 3 N–H and O–H groups in total. The van der Waals surface area contributed by atoms with E-state index in [1.165, 1.54) is 30.2 Å². The molecule has 0 fully saturated rings. The van der Waals surface area contributed by atoms with Gasteiger partial charge in [-0.05, 0) is 19.1 Å². The van der Waals surface area contributed by atoms with Gasteiger partial charge in [-0.25, -0.2) is 13.1 Å². The summed E-state index contributed by atoms with van der Waals surface area (Å²) in [5.41, 5.74) is 5.96. The van der Waals surface area contributed by atoms with E-state index in [0.29, 0.717) is 12.2 Å². The molecule has 1 amide bonds. The molecule has 0 aliphatic heterocycles. The molecule has 112 valence electrons. The van der Waals surface area contributed by atoms with Gasteiger partial charge in [0.15, 0.2) is 0 Å². The van der Waals surface area contributed by atoms with E-state index in [0.717, 1.165) is 0 Å². The number of sulfonamides is 1. The average Bonchev–Trinajstić information content (AvgIpc) is 2.44. The molecular formula is C12H19N3O4S. The zero-order valence-electron chi connectivity index (χ0n) is 11.7. The van der Waals surface area contributed by atoms with Gasteiger partial charge in [-0.3, -0.25) is 4.79 Å². The predicted octanol–water partition coefficient (Wildman–Crippen LogP) is 0.0340. The van der Waals surface area contributed by atoms with Crippen molar-refractivity contribution in [3.8, 4) is 5.75 Å². The van der Waals surface area contributed by atoms with Crippen LogP contribution in [0, 0.1) is 0 Å². The summed E-state index contributed by atoms with van der Waals surface area (Å²) in [6.45, 7) is 2.02. The van der Waals surface area contributed by atoms with Gasteiger partial charge in [-0.15, -0.1) is 0 Å². The van der Waals surface area contributed by atoms with Crippen molar-refractivity contribution in [1.82, 2.24) is 9.62 Å². The van der Waals surface area contributed by atoms with Crippen molar-refractivity contribution in [2.75, 3.05) is 33.0 Å². The van der Waals surface area contributed by atoms with E-state index in [4.69, 9.17) is 10.5 Å². The smallest absolute Gasteiger partial charge is 0.241 e. The van der Waals surface area contributed by atoms with Crippen LogP contribution >= 0.6 is 0 Å². The summed E-state index contributed by atoms with van der Waals surface area (Å²) < 4.78 is 31.3. The van der Waals surface area contributed by atoms with Crippen molar-refractivity contribution >= 4 is 21.6 Å². The maximum atomic E-state index is 12.0. The van der Waals surface area contributed by atoms with Crippen LogP contribution in [-0.4, -0.2) is 46.5 Å². The molecule has 0 heterocycles. The van der Waals surface area contributed by atoms with Gasteiger partial charge in [0.25, 0.3) is 0 Å². The Bertz CT molecular complexity index is 586. The number of nitrogen functional groups attached to an aromatic ring is 1. The molecule has 0 spiro atoms. The van der Waals surface area contributed by atoms with Crippen LogP contribution in [0.3, 0.4) is 0 Å². The third-order valence-corrected chi connectivity index (χ3v) is 4.23. The zero-order chi connectivity index (χ0) is 15.3. The highest BCUT2D eigenvalue weighted by Gasteiger charge is 2.18. The van der Waals surface area contributed by atoms with E-state index in [2.05, 4.69) is 4.72 Å². The lowest BCUT2D eigenvalue weighted by Crippen LogP contribution is -2.37. The fourth-order valence-corrected chi connectivity index (χ4v) is 2.40. The Balaban J connectivity index is 2.87. The average molecular weight is 301 g/mol. The summed E-state index contributed by atoms with van der Waals surface area (Å²) in [4.78, 5) is 13.0. The van der Waals surface area contributed by atoms with E-state index in [1.807, 2.05) is 0 Å². The van der Waals surface area contributed by atoms with E-state index in [-0.39, 0.29) is 23.1 Å². The van der Waals surface area contributed by atoms with Crippen molar-refractivity contribution in [2.45, 2.75) is 11.8 Å². The number of rotatable bonds is 6. The third kappa shape index (κ3) is 3.84. The lowest BCUT2D eigenvalue weighted by molar-refractivity contribution is -0.128. The highest BCUT2D eigenvalue weighted by atomic mass is 32.2. The van der Waals surface area contributed by atoms with Gasteiger partial charge in [0.05, 0.1) is 24.2 Å². The number of likely N-dealkylation sites (N-methyl/N-ethyl adjacent to an activating group) is 1. The molecule has 1 aromatic carbocycles. The van der Waals surface area contributed by atoms with Gasteiger partial charge in [-0.1, -0.05) is 0 Å². The highest BCUT2D eigenvalue weighted by molar-refractivity contribution is 7.89. The number of nitrogens with two attached hydrogens (primary N) is 1. The molecular weight excluding hydrogens is 282 g/mol. The van der Waals surface area contributed by atoms with E-state index >= 15 is 0 Å². The van der Waals surface area contributed by atoms with Crippen molar-refractivity contribution in [2.24, 2.45) is 0 Å². The highest BCUT2D eigenvalue weighted by Crippen LogP contribution is 2.24. The van der Waals surface area contributed by atoms with Gasteiger partial charge in [-0.2, -0.15) is 0 Å². The van der Waals surface area contributed by atoms with E-state index < -0.39 is 10.0 Å². The van der Waals surface area contributed by atoms with E-state index in [1.54, 1.807) is 14.0 Å². The molecule has 1 aromatic rings. The Morgan fingerprint density at radius 1 is 1.45 bits per heavy atom. The molecule has 0 aliphatic rings. The minimum absolute atomic E-state index is 0.00417. The monoisotopic (exact) mass is 301 g/mol. The largest absolute Gasteiger partial charge is 0.495 e. The summed E-state index contributed by atoms with van der Waals surface area (Å²) in [6.07, 6.45) is 0. The van der Waals surface area contributed by atoms with E-state index in [9.17, 15) is 13.2 Å². The van der Waals surface area contributed by atoms with Crippen molar-refractivity contribution in [3.63, 3.8) is 0 Å². The normalized spacial score (nSPS) is 11.2. The fourth-order valence-electron chi connectivity index (χ4n) is 1.41. The minimum atomic E-state index is -3.78. The van der Waals surface area contributed by atoms with Gasteiger partial charge < -0.3 is 15.4 Å². The first-order valence-corrected chi connectivity index (χ1v) is 7.47. The molecule has 0 atom stereocenters. The summed E-state index contributed by atoms with van der Waals surface area (Å²) >= 11 is 0. The maximum Gasteiger partial charge on any atom is 0.241 e. The number of nitrogens with one attached hydrogen (secondary N) is 1. The number of amides is 1. The first kappa shape index (κ1) is 16.3. The minimum Gasteiger partial charge on any atom is -0.495 e. The molecule has 20 heavy (non-hydrogen) atoms. The van der Waals surface area contributed by atoms with Crippen LogP contribution in [0.1, 0.15) is 6.92 Å². The van der Waals surface area contributed by atoms with Crippen LogP contribution < -0.4 is 15.2 Å². The molecule has 0 unspecified atom stereocenters. The summed E-state index contributed by atoms with van der Waals surface area (Å²) in [5.74, 6) is -0.0386. The summed E-state index contributed by atoms with van der Waals surface area (Å²) in [7, 11) is -0.781. The molecule has 0 aromatic heterocycles. The molecule has 0 saturated heterocycles. The summed E-state index contributed by atoms with van der Waals surface area (Å²) in [6, 6.07) is 4.10. The third-order valence-electron chi connectivity index (χ3n) is 2.83. The maximum absolute atomic E-state index is 12.0. The Morgan fingerprint density at radius 2 is 2.10 bits per heavy atom. The van der Waals surface area contributed by atoms with Crippen molar-refractivity contribution in [1.29, 1.82) is 0 Å². The molecule has 1 rings (SSSR count). The molecule has 0 saturated carbocycles. The quantitative estimate of drug-likeness (QED) is 0.722. The Morgan fingerprint density at radius 3 is 2.65 bits per heavy atom. The second-order valence-electron chi connectivity index (χ2n) is 4.14. The topological polar surface area (TPSA) is 102 Å². The SMILES string of the molecule is CCN(C)C(=O)CNS(=O)(=O)c1ccc(N)c(OC)c1. The second kappa shape index (κ2) is 6.58. The summed E-state index contributed by atoms with van der Waals surface area (Å²) in [5, 5.41) is 0. The number of hydrogen-bond acceptors (Lipinski definition) is 5. The second-order valence-corrected chi connectivity index (χ2v) is 5.90. The first-order chi connectivity index (χ1) is 9.31. The van der Waals surface area contributed by atoms with Crippen LogP contribution in [0.5, 0.6) is 5.75 Å². The van der Waals surface area contributed by atoms with Gasteiger partial charge in [0.2, 0.25) is 15.9 Å². The number of nitrogens with zero attached hydrogens (tertiary/aromatic N) is 1. The van der Waals surface area contributed by atoms with Gasteiger partial charge >= 0.3 is 0 Å². The Hall–Kier alpha value is -1.80. The van der Waals surface area contributed by atoms with Crippen molar-refractivity contribution in [3.05, 3.63) is 18.2 Å². The zero-order valence-corrected chi connectivity index (χ0v) is 12.5. The predicted molar refractivity (Wildman–Crippen MR) is 75.9 cm³/mol. The van der Waals surface area contributed by atoms with Crippen LogP contribution in [0.25, 0.3) is 0 Å². The van der Waals surface area contributed by atoms with Crippen LogP contribution in [0.4, 0.5) is 5.69 Å². The van der Waals surface area contributed by atoms with Crippen LogP contribution in [0.2, 0.25) is 0 Å². The molecule has 8 heteroatoms. The van der Waals surface area contributed by atoms with Crippen LogP contribution in [0.15, 0.2) is 23.1 Å². The van der Waals surface area contributed by atoms with Gasteiger partial charge in [0.1, 0.15) is 5.75 Å². The number of methoxy groups -OCH3 is 1. The lowest BCUT2D eigenvalue weighted by atomic mass is 10.3. The van der Waals surface area contributed by atoms with Crippen LogP contribution in [-0.2, 0) is 14.8 Å². The number of benzene rings is 1. The molecule has 0 radical (unpaired) electrons. The molecule has 0 aliphatic carbocycles. The first-order valence-electron chi connectivity index (χ1n) is 5.99. The van der Waals surface area contributed by atoms with Gasteiger partial charge in [0, 0.05) is 19.7 Å². The Labute approximate surface area is 118 Å². The standard InChI is InChI=1S/C12H19N3O4S/c1-4-15(2)12(16)8-14-20(17,18)9-5-6-10(13)11(7-9)19-3/h5-7,14H,4,8,13H2,1-3H3. The number of carbonyl (C=O) groups is 1. The number of anilines is 1.